The van der Waals surface area contributed by atoms with Crippen LogP contribution < -0.4 is 15.6 Å². The van der Waals surface area contributed by atoms with Gasteiger partial charge in [-0.3, -0.25) is 4.79 Å². The third kappa shape index (κ3) is 3.11. The van der Waals surface area contributed by atoms with Crippen LogP contribution in [0.2, 0.25) is 0 Å². The fourth-order valence-corrected chi connectivity index (χ4v) is 1.92. The standard InChI is InChI=1S/C12H11N3O4S/c13-12(16)9-3-1-2-4-10(9)19-11-6-5-8(7-15-11)20(14,17)18/h1-7H,(H2,13,16)(H2,14,17,18). The Labute approximate surface area is 115 Å². The van der Waals surface area contributed by atoms with Gasteiger partial charge in [-0.2, -0.15) is 0 Å². The van der Waals surface area contributed by atoms with E-state index in [-0.39, 0.29) is 22.1 Å². The van der Waals surface area contributed by atoms with E-state index in [0.717, 1.165) is 6.20 Å². The van der Waals surface area contributed by atoms with Crippen LogP contribution in [0.1, 0.15) is 10.4 Å². The first-order chi connectivity index (χ1) is 9.38. The maximum Gasteiger partial charge on any atom is 0.252 e. The molecule has 1 aromatic carbocycles. The topological polar surface area (TPSA) is 125 Å². The quantitative estimate of drug-likeness (QED) is 0.854. The van der Waals surface area contributed by atoms with Gasteiger partial charge in [-0.1, -0.05) is 12.1 Å². The summed E-state index contributed by atoms with van der Waals surface area (Å²) >= 11 is 0. The minimum atomic E-state index is -3.81. The number of aromatic nitrogens is 1. The number of primary sulfonamides is 1. The van der Waals surface area contributed by atoms with Gasteiger partial charge in [-0.25, -0.2) is 18.5 Å². The molecular formula is C12H11N3O4S. The monoisotopic (exact) mass is 293 g/mol. The highest BCUT2D eigenvalue weighted by molar-refractivity contribution is 7.89. The number of benzene rings is 1. The lowest BCUT2D eigenvalue weighted by atomic mass is 10.2. The molecule has 0 atom stereocenters. The summed E-state index contributed by atoms with van der Waals surface area (Å²) in [5.74, 6) is -0.288. The Kier molecular flexibility index (Phi) is 3.68. The second-order valence-corrected chi connectivity index (χ2v) is 5.40. The van der Waals surface area contributed by atoms with Gasteiger partial charge in [-0.15, -0.1) is 0 Å². The number of amides is 1. The molecule has 1 aromatic heterocycles. The van der Waals surface area contributed by atoms with Crippen LogP contribution in [-0.2, 0) is 10.0 Å². The Morgan fingerprint density at radius 1 is 1.15 bits per heavy atom. The first-order valence-corrected chi connectivity index (χ1v) is 6.98. The number of nitrogens with zero attached hydrogens (tertiary/aromatic N) is 1. The molecule has 0 spiro atoms. The van der Waals surface area contributed by atoms with Crippen molar-refractivity contribution in [1.82, 2.24) is 4.98 Å². The van der Waals surface area contributed by atoms with Crippen LogP contribution in [0.15, 0.2) is 47.5 Å². The highest BCUT2D eigenvalue weighted by Crippen LogP contribution is 2.23. The number of ether oxygens (including phenoxy) is 1. The average molecular weight is 293 g/mol. The molecule has 0 fully saturated rings. The second kappa shape index (κ2) is 5.27. The highest BCUT2D eigenvalue weighted by atomic mass is 32.2. The molecule has 0 aliphatic carbocycles. The lowest BCUT2D eigenvalue weighted by Crippen LogP contribution is -2.13. The van der Waals surface area contributed by atoms with E-state index < -0.39 is 15.9 Å². The molecule has 4 N–H and O–H groups in total. The maximum atomic E-state index is 11.2. The van der Waals surface area contributed by atoms with Gasteiger partial charge >= 0.3 is 0 Å². The summed E-state index contributed by atoms with van der Waals surface area (Å²) in [5.41, 5.74) is 5.41. The summed E-state index contributed by atoms with van der Waals surface area (Å²) < 4.78 is 27.6. The molecular weight excluding hydrogens is 282 g/mol. The fourth-order valence-electron chi connectivity index (χ4n) is 1.47. The average Bonchev–Trinajstić information content (AvgIpc) is 2.38. The third-order valence-corrected chi connectivity index (χ3v) is 3.30. The van der Waals surface area contributed by atoms with Gasteiger partial charge in [0.15, 0.2) is 0 Å². The number of sulfonamides is 1. The molecule has 0 bridgehead atoms. The van der Waals surface area contributed by atoms with Gasteiger partial charge < -0.3 is 10.5 Å². The van der Waals surface area contributed by atoms with Crippen molar-refractivity contribution in [3.8, 4) is 11.6 Å². The first kappa shape index (κ1) is 14.0. The van der Waals surface area contributed by atoms with E-state index in [1.165, 1.54) is 18.2 Å². The number of primary amides is 1. The number of carbonyl (C=O) groups is 1. The molecule has 2 aromatic rings. The molecule has 104 valence electrons. The predicted molar refractivity (Wildman–Crippen MR) is 70.6 cm³/mol. The molecule has 0 aliphatic rings. The Morgan fingerprint density at radius 3 is 2.40 bits per heavy atom. The van der Waals surface area contributed by atoms with Crippen molar-refractivity contribution in [2.45, 2.75) is 4.90 Å². The lowest BCUT2D eigenvalue weighted by molar-refractivity contribution is 0.0998. The van der Waals surface area contributed by atoms with E-state index in [2.05, 4.69) is 4.98 Å². The first-order valence-electron chi connectivity index (χ1n) is 5.43. The Balaban J connectivity index is 2.30. The number of nitrogens with two attached hydrogens (primary N) is 2. The van der Waals surface area contributed by atoms with Gasteiger partial charge in [-0.05, 0) is 18.2 Å². The van der Waals surface area contributed by atoms with E-state index in [4.69, 9.17) is 15.6 Å². The lowest BCUT2D eigenvalue weighted by Gasteiger charge is -2.08. The number of hydrogen-bond donors (Lipinski definition) is 2. The van der Waals surface area contributed by atoms with Crippen LogP contribution in [0.3, 0.4) is 0 Å². The number of hydrogen-bond acceptors (Lipinski definition) is 5. The summed E-state index contributed by atoms with van der Waals surface area (Å²) in [6.07, 6.45) is 1.07. The summed E-state index contributed by atoms with van der Waals surface area (Å²) in [7, 11) is -3.81. The Bertz CT molecular complexity index is 742. The zero-order valence-corrected chi connectivity index (χ0v) is 11.0. The van der Waals surface area contributed by atoms with E-state index in [1.54, 1.807) is 18.2 Å². The molecule has 0 radical (unpaired) electrons. The van der Waals surface area contributed by atoms with Crippen LogP contribution in [-0.4, -0.2) is 19.3 Å². The number of carbonyl (C=O) groups excluding carboxylic acids is 1. The van der Waals surface area contributed by atoms with Crippen molar-refractivity contribution < 1.29 is 17.9 Å². The largest absolute Gasteiger partial charge is 0.438 e. The molecule has 8 heteroatoms. The summed E-state index contributed by atoms with van der Waals surface area (Å²) in [4.78, 5) is 14.9. The van der Waals surface area contributed by atoms with Crippen molar-refractivity contribution in [3.05, 3.63) is 48.2 Å². The van der Waals surface area contributed by atoms with Crippen LogP contribution in [0.4, 0.5) is 0 Å². The minimum Gasteiger partial charge on any atom is -0.438 e. The number of rotatable bonds is 4. The molecule has 0 saturated carbocycles. The molecule has 1 amide bonds. The van der Waals surface area contributed by atoms with E-state index in [9.17, 15) is 13.2 Å². The van der Waals surface area contributed by atoms with Gasteiger partial charge in [0, 0.05) is 6.07 Å². The second-order valence-electron chi connectivity index (χ2n) is 3.84. The van der Waals surface area contributed by atoms with Crippen molar-refractivity contribution in [2.24, 2.45) is 10.9 Å². The van der Waals surface area contributed by atoms with E-state index in [1.807, 2.05) is 0 Å². The molecule has 2 rings (SSSR count). The minimum absolute atomic E-state index is 0.117. The van der Waals surface area contributed by atoms with Gasteiger partial charge in [0.2, 0.25) is 15.9 Å². The van der Waals surface area contributed by atoms with Gasteiger partial charge in [0.1, 0.15) is 10.6 Å². The number of para-hydroxylation sites is 1. The van der Waals surface area contributed by atoms with Gasteiger partial charge in [0.05, 0.1) is 11.8 Å². The summed E-state index contributed by atoms with van der Waals surface area (Å²) in [6.45, 7) is 0. The van der Waals surface area contributed by atoms with E-state index in [0.29, 0.717) is 0 Å². The van der Waals surface area contributed by atoms with Crippen molar-refractivity contribution >= 4 is 15.9 Å². The van der Waals surface area contributed by atoms with Crippen LogP contribution in [0.25, 0.3) is 0 Å². The Morgan fingerprint density at radius 2 is 1.85 bits per heavy atom. The zero-order valence-electron chi connectivity index (χ0n) is 10.2. The fraction of sp³-hybridized carbons (Fsp3) is 0. The molecule has 20 heavy (non-hydrogen) atoms. The maximum absolute atomic E-state index is 11.2. The molecule has 0 saturated heterocycles. The highest BCUT2D eigenvalue weighted by Gasteiger charge is 2.11. The van der Waals surface area contributed by atoms with Gasteiger partial charge in [0.25, 0.3) is 5.91 Å². The molecule has 7 nitrogen and oxygen atoms in total. The normalized spacial score (nSPS) is 11.1. The molecule has 0 aliphatic heterocycles. The molecule has 0 unspecified atom stereocenters. The van der Waals surface area contributed by atoms with Crippen LogP contribution in [0.5, 0.6) is 11.6 Å². The van der Waals surface area contributed by atoms with Crippen LogP contribution in [0, 0.1) is 0 Å². The Hall–Kier alpha value is -2.45. The van der Waals surface area contributed by atoms with Crippen molar-refractivity contribution in [3.63, 3.8) is 0 Å². The smallest absolute Gasteiger partial charge is 0.252 e. The van der Waals surface area contributed by atoms with Crippen molar-refractivity contribution in [1.29, 1.82) is 0 Å². The summed E-state index contributed by atoms with van der Waals surface area (Å²) in [5, 5.41) is 4.95. The number of pyridine rings is 1. The molecule has 1 heterocycles. The van der Waals surface area contributed by atoms with Crippen molar-refractivity contribution in [2.75, 3.05) is 0 Å². The predicted octanol–water partition coefficient (Wildman–Crippen LogP) is 0.620. The summed E-state index contributed by atoms with van der Waals surface area (Å²) in [6, 6.07) is 8.96. The SMILES string of the molecule is NC(=O)c1ccccc1Oc1ccc(S(N)(=O)=O)cn1. The van der Waals surface area contributed by atoms with E-state index >= 15 is 0 Å². The zero-order chi connectivity index (χ0) is 14.8. The third-order valence-electron chi connectivity index (χ3n) is 2.40. The van der Waals surface area contributed by atoms with Crippen LogP contribution >= 0.6 is 0 Å².